The summed E-state index contributed by atoms with van der Waals surface area (Å²) in [6.45, 7) is 5.09. The predicted molar refractivity (Wildman–Crippen MR) is 72.3 cm³/mol. The van der Waals surface area contributed by atoms with Crippen molar-refractivity contribution in [1.29, 1.82) is 0 Å². The Hall–Kier alpha value is -2.49. The van der Waals surface area contributed by atoms with E-state index < -0.39 is 5.54 Å². The average Bonchev–Trinajstić information content (AvgIpc) is 2.23. The summed E-state index contributed by atoms with van der Waals surface area (Å²) in [5.41, 5.74) is 4.15. The van der Waals surface area contributed by atoms with E-state index >= 15 is 0 Å². The van der Waals surface area contributed by atoms with Crippen LogP contribution in [-0.2, 0) is 0 Å². The van der Waals surface area contributed by atoms with Gasteiger partial charge in [0.05, 0.1) is 5.10 Å². The van der Waals surface area contributed by atoms with E-state index in [1.54, 1.807) is 20.8 Å². The van der Waals surface area contributed by atoms with E-state index in [-0.39, 0.29) is 42.1 Å². The summed E-state index contributed by atoms with van der Waals surface area (Å²) in [4.78, 5) is -0.0218. The average molecular weight is 314 g/mol. The van der Waals surface area contributed by atoms with Crippen molar-refractivity contribution in [2.75, 3.05) is 5.73 Å². The number of nitrogens with two attached hydrogens (primary N) is 1. The Balaban J connectivity index is 2.89. The van der Waals surface area contributed by atoms with E-state index in [4.69, 9.17) is 17.3 Å². The van der Waals surface area contributed by atoms with Gasteiger partial charge in [-0.2, -0.15) is 0 Å². The normalized spacial score (nSPS) is 12.9. The summed E-state index contributed by atoms with van der Waals surface area (Å²) in [5, 5.41) is 45.3. The zero-order valence-corrected chi connectivity index (χ0v) is 12.2. The van der Waals surface area contributed by atoms with Crippen molar-refractivity contribution >= 4 is 34.0 Å². The van der Waals surface area contributed by atoms with Gasteiger partial charge in [0.1, 0.15) is 21.2 Å². The highest BCUT2D eigenvalue weighted by Crippen LogP contribution is 2.34. The van der Waals surface area contributed by atoms with Gasteiger partial charge in [0.2, 0.25) is 0 Å². The fourth-order valence-electron chi connectivity index (χ4n) is 1.66. The van der Waals surface area contributed by atoms with Crippen LogP contribution in [0, 0.1) is 15.6 Å². The van der Waals surface area contributed by atoms with Gasteiger partial charge in [-0.15, -0.1) is 0 Å². The number of nitrogen functional groups attached to an aromatic ring is 1. The molecule has 0 bridgehead atoms. The van der Waals surface area contributed by atoms with Crippen LogP contribution in [0.15, 0.2) is 11.2 Å². The Bertz CT molecular complexity index is 748. The number of hydrogen-bond donors (Lipinski definition) is 1. The molecule has 2 aromatic rings. The molecule has 0 unspecified atom stereocenters. The van der Waals surface area contributed by atoms with Gasteiger partial charge in [-0.1, -0.05) is 16.5 Å². The lowest BCUT2D eigenvalue weighted by Crippen LogP contribution is -2.50. The largest absolute Gasteiger partial charge is 0.594 e. The first-order valence-corrected chi connectivity index (χ1v) is 6.18. The molecule has 0 saturated heterocycles. The number of azo groups is 1. The molecule has 0 aliphatic heterocycles. The molecule has 0 aliphatic rings. The van der Waals surface area contributed by atoms with E-state index in [0.717, 1.165) is 0 Å². The summed E-state index contributed by atoms with van der Waals surface area (Å²) in [7, 11) is 0. The zero-order valence-electron chi connectivity index (χ0n) is 11.4. The van der Waals surface area contributed by atoms with Crippen LogP contribution >= 0.6 is 11.6 Å². The Labute approximate surface area is 123 Å². The van der Waals surface area contributed by atoms with Crippen molar-refractivity contribution in [3.8, 4) is 0 Å². The predicted octanol–water partition coefficient (Wildman–Crippen LogP) is 0.525. The van der Waals surface area contributed by atoms with Gasteiger partial charge < -0.3 is 21.4 Å². The Morgan fingerprint density at radius 1 is 1.38 bits per heavy atom. The number of anilines is 1. The molecule has 0 amide bonds. The second-order valence-electron chi connectivity index (χ2n) is 5.25. The van der Waals surface area contributed by atoms with Crippen LogP contribution in [-0.4, -0.2) is 20.7 Å². The standard InChI is InChI=1S/C10H12ClN7O3/c1-10(2,3)14-16(19)8-5(11)4-6(12)9-7(8)13-18(21)15-17(9)20/h4H,12H2,1-3H3. The molecule has 21 heavy (non-hydrogen) atoms. The summed E-state index contributed by atoms with van der Waals surface area (Å²) >= 11 is 5.97. The lowest BCUT2D eigenvalue weighted by molar-refractivity contribution is -0.863. The SMILES string of the molecule is CC(C)(C)N=[N+]([O-])c1c(Cl)cc(N)c2c1n[n+]([O-])n[n+]2[O-]. The molecule has 112 valence electrons. The molecule has 1 aromatic heterocycles. The van der Waals surface area contributed by atoms with Crippen LogP contribution in [0.5, 0.6) is 0 Å². The fourth-order valence-corrected chi connectivity index (χ4v) is 1.93. The summed E-state index contributed by atoms with van der Waals surface area (Å²) < 4.78 is 0. The highest BCUT2D eigenvalue weighted by atomic mass is 35.5. The molecule has 10 nitrogen and oxygen atoms in total. The maximum absolute atomic E-state index is 12.2. The molecule has 11 heteroatoms. The molecule has 0 spiro atoms. The van der Waals surface area contributed by atoms with E-state index in [1.807, 2.05) is 0 Å². The Morgan fingerprint density at radius 2 is 2.00 bits per heavy atom. The first kappa shape index (κ1) is 14.9. The number of rotatable bonds is 1. The van der Waals surface area contributed by atoms with Gasteiger partial charge in [0, 0.05) is 4.85 Å². The maximum Gasteiger partial charge on any atom is 0.326 e. The van der Waals surface area contributed by atoms with Crippen LogP contribution in [0.1, 0.15) is 20.8 Å². The quantitative estimate of drug-likeness (QED) is 0.267. The first-order chi connectivity index (χ1) is 9.60. The van der Waals surface area contributed by atoms with Gasteiger partial charge in [-0.05, 0) is 32.0 Å². The minimum absolute atomic E-state index is 0.0184. The molecule has 0 radical (unpaired) electrons. The van der Waals surface area contributed by atoms with Gasteiger partial charge >= 0.3 is 16.4 Å². The molecular formula is C10H12ClN7O3. The van der Waals surface area contributed by atoms with Crippen molar-refractivity contribution in [3.05, 3.63) is 26.7 Å². The minimum Gasteiger partial charge on any atom is -0.594 e. The van der Waals surface area contributed by atoms with Crippen LogP contribution in [0.25, 0.3) is 11.0 Å². The molecule has 0 aliphatic carbocycles. The van der Waals surface area contributed by atoms with Crippen molar-refractivity contribution in [3.63, 3.8) is 0 Å². The second-order valence-corrected chi connectivity index (χ2v) is 5.66. The monoisotopic (exact) mass is 313 g/mol. The Morgan fingerprint density at radius 3 is 2.57 bits per heavy atom. The van der Waals surface area contributed by atoms with Crippen molar-refractivity contribution in [2.24, 2.45) is 5.11 Å². The summed E-state index contributed by atoms with van der Waals surface area (Å²) in [6.07, 6.45) is 0. The molecule has 1 aromatic carbocycles. The van der Waals surface area contributed by atoms with Crippen LogP contribution in [0.4, 0.5) is 11.4 Å². The molecular weight excluding hydrogens is 302 g/mol. The lowest BCUT2D eigenvalue weighted by atomic mass is 10.1. The first-order valence-electron chi connectivity index (χ1n) is 5.80. The van der Waals surface area contributed by atoms with Gasteiger partial charge in [-0.25, -0.2) is 0 Å². The number of benzene rings is 1. The van der Waals surface area contributed by atoms with E-state index in [9.17, 15) is 15.6 Å². The van der Waals surface area contributed by atoms with Crippen LogP contribution in [0.2, 0.25) is 5.02 Å². The number of halogens is 1. The van der Waals surface area contributed by atoms with Crippen molar-refractivity contribution in [1.82, 2.24) is 10.3 Å². The van der Waals surface area contributed by atoms with Crippen LogP contribution < -0.4 is 15.5 Å². The number of fused-ring (bicyclic) bond motifs is 1. The smallest absolute Gasteiger partial charge is 0.326 e. The number of hydrogen-bond acceptors (Lipinski definition) is 7. The van der Waals surface area contributed by atoms with E-state index in [0.29, 0.717) is 0 Å². The Kier molecular flexibility index (Phi) is 3.41. The highest BCUT2D eigenvalue weighted by Gasteiger charge is 2.30. The third-order valence-electron chi connectivity index (χ3n) is 2.35. The topological polar surface area (TPSA) is 144 Å². The lowest BCUT2D eigenvalue weighted by Gasteiger charge is -2.10. The molecule has 2 rings (SSSR count). The van der Waals surface area contributed by atoms with Crippen molar-refractivity contribution < 1.29 is 14.7 Å². The molecule has 0 saturated carbocycles. The van der Waals surface area contributed by atoms with E-state index in [1.165, 1.54) is 6.07 Å². The third-order valence-corrected chi connectivity index (χ3v) is 2.64. The van der Waals surface area contributed by atoms with E-state index in [2.05, 4.69) is 15.4 Å². The number of nitrogens with zero attached hydrogens (tertiary/aromatic N) is 6. The zero-order chi connectivity index (χ0) is 15.9. The minimum atomic E-state index is -0.702. The van der Waals surface area contributed by atoms with Crippen LogP contribution in [0.3, 0.4) is 0 Å². The van der Waals surface area contributed by atoms with Crippen molar-refractivity contribution in [2.45, 2.75) is 26.3 Å². The second kappa shape index (κ2) is 4.81. The van der Waals surface area contributed by atoms with Gasteiger partial charge in [0.15, 0.2) is 0 Å². The summed E-state index contributed by atoms with van der Waals surface area (Å²) in [5.74, 6) is 0. The van der Waals surface area contributed by atoms with Gasteiger partial charge in [-0.3, -0.25) is 0 Å². The maximum atomic E-state index is 12.2. The fraction of sp³-hybridized carbons (Fsp3) is 0.400. The third kappa shape index (κ3) is 2.84. The highest BCUT2D eigenvalue weighted by molar-refractivity contribution is 6.34. The number of aromatic nitrogens is 4. The molecule has 0 atom stereocenters. The molecule has 2 N–H and O–H groups in total. The van der Waals surface area contributed by atoms with Gasteiger partial charge in [0.25, 0.3) is 5.52 Å². The summed E-state index contributed by atoms with van der Waals surface area (Å²) in [6, 6.07) is 1.20. The molecule has 1 heterocycles. The molecule has 0 fully saturated rings.